The largest absolute Gasteiger partial charge is 0.307 e. The van der Waals surface area contributed by atoms with Crippen molar-refractivity contribution in [3.05, 3.63) is 48.4 Å². The van der Waals surface area contributed by atoms with Crippen molar-refractivity contribution in [2.24, 2.45) is 0 Å². The summed E-state index contributed by atoms with van der Waals surface area (Å²) in [5, 5.41) is 7.42. The zero-order chi connectivity index (χ0) is 17.2. The number of nitrogens with one attached hydrogen (secondary N) is 1. The minimum atomic E-state index is -0.194. The Balaban J connectivity index is 1.58. The van der Waals surface area contributed by atoms with E-state index in [2.05, 4.69) is 32.3 Å². The molecule has 1 aliphatic rings. The number of hydrogen-bond donors (Lipinski definition) is 1. The van der Waals surface area contributed by atoms with Crippen LogP contribution in [0.25, 0.3) is 11.0 Å². The Labute approximate surface area is 145 Å². The van der Waals surface area contributed by atoms with E-state index in [1.165, 1.54) is 0 Å². The molecule has 0 bridgehead atoms. The number of carbonyl (C=O) groups excluding carboxylic acids is 1. The van der Waals surface area contributed by atoms with Gasteiger partial charge in [-0.25, -0.2) is 4.68 Å². The van der Waals surface area contributed by atoms with E-state index in [1.807, 2.05) is 22.9 Å². The highest BCUT2D eigenvalue weighted by molar-refractivity contribution is 6.11. The zero-order valence-corrected chi connectivity index (χ0v) is 14.1. The van der Waals surface area contributed by atoms with Crippen LogP contribution in [0.1, 0.15) is 29.2 Å². The number of likely N-dealkylation sites (tertiary alicyclic amines) is 1. The smallest absolute Gasteiger partial charge is 0.259 e. The number of benzene rings is 1. The van der Waals surface area contributed by atoms with E-state index in [9.17, 15) is 4.79 Å². The van der Waals surface area contributed by atoms with Crippen LogP contribution in [0.4, 0.5) is 5.82 Å². The number of nitrogens with zero attached hydrogens (tertiary/aromatic N) is 5. The Morgan fingerprint density at radius 2 is 1.92 bits per heavy atom. The summed E-state index contributed by atoms with van der Waals surface area (Å²) in [6.07, 6.45) is 7.01. The minimum Gasteiger partial charge on any atom is -0.307 e. The normalized spacial score (nSPS) is 16.2. The molecule has 0 saturated carbocycles. The molecule has 3 heterocycles. The van der Waals surface area contributed by atoms with Gasteiger partial charge < -0.3 is 10.2 Å². The Kier molecular flexibility index (Phi) is 4.15. The third-order valence-corrected chi connectivity index (χ3v) is 4.69. The summed E-state index contributed by atoms with van der Waals surface area (Å²) in [4.78, 5) is 23.7. The van der Waals surface area contributed by atoms with Crippen molar-refractivity contribution in [1.82, 2.24) is 24.6 Å². The van der Waals surface area contributed by atoms with Crippen molar-refractivity contribution < 1.29 is 4.79 Å². The van der Waals surface area contributed by atoms with Gasteiger partial charge in [0.2, 0.25) is 0 Å². The van der Waals surface area contributed by atoms with Crippen LogP contribution in [0.15, 0.2) is 42.9 Å². The van der Waals surface area contributed by atoms with Crippen LogP contribution in [0.5, 0.6) is 0 Å². The SMILES string of the molecule is CN1CCC(n2nccc2NC(=O)c2cccc3nccnc23)CC1. The van der Waals surface area contributed by atoms with Gasteiger partial charge >= 0.3 is 0 Å². The molecule has 128 valence electrons. The van der Waals surface area contributed by atoms with Crippen LogP contribution < -0.4 is 5.32 Å². The molecule has 1 aromatic carbocycles. The van der Waals surface area contributed by atoms with Crippen molar-refractivity contribution in [2.75, 3.05) is 25.5 Å². The van der Waals surface area contributed by atoms with E-state index in [-0.39, 0.29) is 5.91 Å². The van der Waals surface area contributed by atoms with Gasteiger partial charge in [0.1, 0.15) is 11.3 Å². The summed E-state index contributed by atoms with van der Waals surface area (Å²) < 4.78 is 1.93. The van der Waals surface area contributed by atoms with Gasteiger partial charge in [0.15, 0.2) is 0 Å². The van der Waals surface area contributed by atoms with Gasteiger partial charge in [0, 0.05) is 18.5 Å². The monoisotopic (exact) mass is 336 g/mol. The first-order valence-corrected chi connectivity index (χ1v) is 8.45. The summed E-state index contributed by atoms with van der Waals surface area (Å²) in [6.45, 7) is 2.08. The lowest BCUT2D eigenvalue weighted by Crippen LogP contribution is -2.32. The van der Waals surface area contributed by atoms with Gasteiger partial charge in [-0.05, 0) is 45.1 Å². The van der Waals surface area contributed by atoms with Gasteiger partial charge in [-0.3, -0.25) is 14.8 Å². The quantitative estimate of drug-likeness (QED) is 0.794. The molecule has 1 fully saturated rings. The Hall–Kier alpha value is -2.80. The standard InChI is InChI=1S/C18H20N6O/c1-23-11-6-13(7-12-23)24-16(5-8-21-24)22-18(25)14-3-2-4-15-17(14)20-10-9-19-15/h2-5,8-10,13H,6-7,11-12H2,1H3,(H,22,25). The van der Waals surface area contributed by atoms with Gasteiger partial charge in [-0.1, -0.05) is 6.07 Å². The number of piperidine rings is 1. The average molecular weight is 336 g/mol. The zero-order valence-electron chi connectivity index (χ0n) is 14.1. The molecule has 3 aromatic rings. The molecule has 25 heavy (non-hydrogen) atoms. The second-order valence-electron chi connectivity index (χ2n) is 6.38. The molecule has 0 radical (unpaired) electrons. The number of amides is 1. The van der Waals surface area contributed by atoms with E-state index < -0.39 is 0 Å². The third kappa shape index (κ3) is 3.10. The molecule has 0 spiro atoms. The second kappa shape index (κ2) is 6.60. The molecule has 7 heteroatoms. The van der Waals surface area contributed by atoms with Crippen molar-refractivity contribution >= 4 is 22.8 Å². The number of anilines is 1. The molecule has 1 aliphatic heterocycles. The molecule has 4 rings (SSSR count). The molecule has 0 unspecified atom stereocenters. The molecule has 1 saturated heterocycles. The number of fused-ring (bicyclic) bond motifs is 1. The van der Waals surface area contributed by atoms with E-state index in [4.69, 9.17) is 0 Å². The number of carbonyl (C=O) groups is 1. The molecule has 2 aromatic heterocycles. The number of hydrogen-bond acceptors (Lipinski definition) is 5. The lowest BCUT2D eigenvalue weighted by Gasteiger charge is -2.30. The van der Waals surface area contributed by atoms with Crippen LogP contribution in [-0.2, 0) is 0 Å². The average Bonchev–Trinajstić information content (AvgIpc) is 3.10. The van der Waals surface area contributed by atoms with Crippen LogP contribution >= 0.6 is 0 Å². The number of rotatable bonds is 3. The Morgan fingerprint density at radius 3 is 2.76 bits per heavy atom. The number of para-hydroxylation sites is 1. The molecule has 7 nitrogen and oxygen atoms in total. The summed E-state index contributed by atoms with van der Waals surface area (Å²) in [7, 11) is 2.13. The maximum atomic E-state index is 12.8. The van der Waals surface area contributed by atoms with E-state index in [0.29, 0.717) is 22.6 Å². The Morgan fingerprint density at radius 1 is 1.12 bits per heavy atom. The van der Waals surface area contributed by atoms with Crippen molar-refractivity contribution in [3.63, 3.8) is 0 Å². The fourth-order valence-corrected chi connectivity index (χ4v) is 3.30. The van der Waals surface area contributed by atoms with Crippen molar-refractivity contribution in [2.45, 2.75) is 18.9 Å². The number of aromatic nitrogens is 4. The fraction of sp³-hybridized carbons (Fsp3) is 0.333. The second-order valence-corrected chi connectivity index (χ2v) is 6.38. The van der Waals surface area contributed by atoms with E-state index >= 15 is 0 Å². The summed E-state index contributed by atoms with van der Waals surface area (Å²) in [5.41, 5.74) is 1.83. The van der Waals surface area contributed by atoms with E-state index in [1.54, 1.807) is 24.7 Å². The van der Waals surface area contributed by atoms with Gasteiger partial charge in [0.25, 0.3) is 5.91 Å². The van der Waals surface area contributed by atoms with Crippen LogP contribution in [-0.4, -0.2) is 50.7 Å². The lowest BCUT2D eigenvalue weighted by atomic mass is 10.1. The predicted molar refractivity (Wildman–Crippen MR) is 95.5 cm³/mol. The highest BCUT2D eigenvalue weighted by Crippen LogP contribution is 2.25. The molecule has 1 N–H and O–H groups in total. The fourth-order valence-electron chi connectivity index (χ4n) is 3.30. The van der Waals surface area contributed by atoms with Gasteiger partial charge in [0.05, 0.1) is 23.3 Å². The van der Waals surface area contributed by atoms with E-state index in [0.717, 1.165) is 31.7 Å². The van der Waals surface area contributed by atoms with Gasteiger partial charge in [-0.15, -0.1) is 0 Å². The van der Waals surface area contributed by atoms with Crippen LogP contribution in [0.3, 0.4) is 0 Å². The molecular formula is C18H20N6O. The van der Waals surface area contributed by atoms with Crippen molar-refractivity contribution in [3.8, 4) is 0 Å². The molecule has 1 amide bonds. The first-order chi connectivity index (χ1) is 12.2. The van der Waals surface area contributed by atoms with Crippen molar-refractivity contribution in [1.29, 1.82) is 0 Å². The summed E-state index contributed by atoms with van der Waals surface area (Å²) in [5.74, 6) is 0.529. The highest BCUT2D eigenvalue weighted by atomic mass is 16.1. The highest BCUT2D eigenvalue weighted by Gasteiger charge is 2.22. The summed E-state index contributed by atoms with van der Waals surface area (Å²) >= 11 is 0. The lowest BCUT2D eigenvalue weighted by molar-refractivity contribution is 0.102. The first kappa shape index (κ1) is 15.7. The molecule has 0 atom stereocenters. The Bertz CT molecular complexity index is 892. The molecular weight excluding hydrogens is 316 g/mol. The first-order valence-electron chi connectivity index (χ1n) is 8.45. The van der Waals surface area contributed by atoms with Crippen LogP contribution in [0, 0.1) is 0 Å². The molecule has 0 aliphatic carbocycles. The maximum absolute atomic E-state index is 12.8. The third-order valence-electron chi connectivity index (χ3n) is 4.69. The maximum Gasteiger partial charge on any atom is 0.259 e. The van der Waals surface area contributed by atoms with Crippen LogP contribution in [0.2, 0.25) is 0 Å². The topological polar surface area (TPSA) is 75.9 Å². The predicted octanol–water partition coefficient (Wildman–Crippen LogP) is 2.35. The minimum absolute atomic E-state index is 0.194. The van der Waals surface area contributed by atoms with Gasteiger partial charge in [-0.2, -0.15) is 5.10 Å². The summed E-state index contributed by atoms with van der Waals surface area (Å²) in [6, 6.07) is 7.59.